The molecule has 0 N–H and O–H groups in total. The lowest BCUT2D eigenvalue weighted by Gasteiger charge is -2.41. The Morgan fingerprint density at radius 1 is 0.294 bits per heavy atom. The molecule has 0 amide bonds. The molecule has 0 aliphatic heterocycles. The van der Waals surface area contributed by atoms with Crippen LogP contribution in [0.15, 0.2) is 12.1 Å². The Labute approximate surface area is 213 Å². The number of benzene rings is 2. The molecule has 0 fully saturated rings. The first-order valence-corrected chi connectivity index (χ1v) is 13.4. The minimum atomic E-state index is 0.0374. The zero-order valence-electron chi connectivity index (χ0n) is 26.2. The van der Waals surface area contributed by atoms with Gasteiger partial charge < -0.3 is 0 Å². The Balaban J connectivity index is 3.64. The van der Waals surface area contributed by atoms with Crippen LogP contribution in [0.25, 0.3) is 10.8 Å². The van der Waals surface area contributed by atoms with Crippen LogP contribution >= 0.6 is 0 Å². The second kappa shape index (κ2) is 8.11. The Kier molecular flexibility index (Phi) is 6.90. The van der Waals surface area contributed by atoms with E-state index in [9.17, 15) is 0 Å². The molecule has 0 bridgehead atoms. The minimum absolute atomic E-state index is 0.0374. The first-order valence-electron chi connectivity index (χ1n) is 13.4. The van der Waals surface area contributed by atoms with Crippen molar-refractivity contribution < 1.29 is 0 Å². The Morgan fingerprint density at radius 3 is 0.647 bits per heavy atom. The average molecular weight is 465 g/mol. The Bertz CT molecular complexity index is 975. The molecule has 192 valence electrons. The molecular weight excluding hydrogens is 408 g/mol. The SMILES string of the molecule is CC(C)(C)c1cc(C(C)(C)C)c2c(C(C)(C)C)c(C(C)(C)C)cc(C(C)(C)C)c2c1C(C)(C)C. The number of fused-ring (bicyclic) bond motifs is 1. The van der Waals surface area contributed by atoms with Crippen LogP contribution in [0.3, 0.4) is 0 Å². The molecule has 34 heavy (non-hydrogen) atoms. The van der Waals surface area contributed by atoms with Crippen LogP contribution in [-0.4, -0.2) is 0 Å². The highest BCUT2D eigenvalue weighted by molar-refractivity contribution is 5.99. The van der Waals surface area contributed by atoms with Gasteiger partial charge in [-0.15, -0.1) is 0 Å². The first kappa shape index (κ1) is 28.9. The van der Waals surface area contributed by atoms with E-state index in [1.807, 2.05) is 0 Å². The fourth-order valence-electron chi connectivity index (χ4n) is 5.56. The van der Waals surface area contributed by atoms with Crippen LogP contribution in [0, 0.1) is 0 Å². The van der Waals surface area contributed by atoms with Crippen molar-refractivity contribution in [2.75, 3.05) is 0 Å². The lowest BCUT2D eigenvalue weighted by molar-refractivity contribution is 0.516. The van der Waals surface area contributed by atoms with Gasteiger partial charge >= 0.3 is 0 Å². The van der Waals surface area contributed by atoms with Crippen molar-refractivity contribution >= 4 is 10.8 Å². The zero-order valence-corrected chi connectivity index (χ0v) is 26.2. The third-order valence-corrected chi connectivity index (χ3v) is 7.14. The molecule has 0 heteroatoms. The predicted molar refractivity (Wildman–Crippen MR) is 156 cm³/mol. The monoisotopic (exact) mass is 464 g/mol. The summed E-state index contributed by atoms with van der Waals surface area (Å²) in [5.41, 5.74) is 9.39. The van der Waals surface area contributed by atoms with E-state index in [4.69, 9.17) is 0 Å². The third-order valence-electron chi connectivity index (χ3n) is 7.14. The average Bonchev–Trinajstić information content (AvgIpc) is 2.53. The topological polar surface area (TPSA) is 0 Å². The van der Waals surface area contributed by atoms with E-state index < -0.39 is 0 Å². The summed E-state index contributed by atoms with van der Waals surface area (Å²) in [7, 11) is 0. The second-order valence-corrected chi connectivity index (χ2v) is 16.9. The van der Waals surface area contributed by atoms with E-state index in [1.165, 1.54) is 33.0 Å². The maximum atomic E-state index is 2.59. The van der Waals surface area contributed by atoms with Crippen LogP contribution < -0.4 is 0 Å². The smallest absolute Gasteiger partial charge is 0.01000 e. The van der Waals surface area contributed by atoms with E-state index in [1.54, 1.807) is 11.1 Å². The molecular formula is C34H56. The molecule has 0 aliphatic rings. The molecule has 0 radical (unpaired) electrons. The predicted octanol–water partition coefficient (Wildman–Crippen LogP) is 10.6. The fourth-order valence-corrected chi connectivity index (χ4v) is 5.56. The summed E-state index contributed by atoms with van der Waals surface area (Å²) in [6.07, 6.45) is 0. The van der Waals surface area contributed by atoms with Crippen LogP contribution in [0.4, 0.5) is 0 Å². The summed E-state index contributed by atoms with van der Waals surface area (Å²) < 4.78 is 0. The summed E-state index contributed by atoms with van der Waals surface area (Å²) in [6.45, 7) is 43.2. The molecule has 0 aromatic heterocycles. The maximum absolute atomic E-state index is 2.59. The van der Waals surface area contributed by atoms with Crippen molar-refractivity contribution in [1.29, 1.82) is 0 Å². The number of hydrogen-bond donors (Lipinski definition) is 0. The lowest BCUT2D eigenvalue weighted by atomic mass is 9.63. The van der Waals surface area contributed by atoms with Crippen molar-refractivity contribution in [2.45, 2.75) is 157 Å². The maximum Gasteiger partial charge on any atom is -0.01000 e. The highest BCUT2D eigenvalue weighted by Crippen LogP contribution is 2.51. The molecule has 0 saturated carbocycles. The van der Waals surface area contributed by atoms with Gasteiger partial charge in [0.15, 0.2) is 0 Å². The van der Waals surface area contributed by atoms with E-state index in [0.29, 0.717) is 0 Å². The van der Waals surface area contributed by atoms with Gasteiger partial charge in [-0.1, -0.05) is 137 Å². The largest absolute Gasteiger partial charge is 0.0561 e. The Hall–Kier alpha value is -1.30. The van der Waals surface area contributed by atoms with Gasteiger partial charge in [0.25, 0.3) is 0 Å². The van der Waals surface area contributed by atoms with Gasteiger partial charge in [-0.05, 0) is 76.6 Å². The van der Waals surface area contributed by atoms with Crippen LogP contribution in [0.1, 0.15) is 158 Å². The van der Waals surface area contributed by atoms with Gasteiger partial charge in [0.2, 0.25) is 0 Å². The van der Waals surface area contributed by atoms with Crippen molar-refractivity contribution in [3.63, 3.8) is 0 Å². The van der Waals surface area contributed by atoms with Crippen molar-refractivity contribution in [3.05, 3.63) is 45.5 Å². The molecule has 2 aromatic rings. The number of hydrogen-bond acceptors (Lipinski definition) is 0. The summed E-state index contributed by atoms with van der Waals surface area (Å²) in [4.78, 5) is 0. The van der Waals surface area contributed by atoms with Gasteiger partial charge in [0, 0.05) is 0 Å². The standard InChI is InChI=1S/C34H56/c1-29(2,3)21-19-23(31(7,8)9)28(34(16,17)18)26-22(30(4,5)6)20-24(32(10,11)12)27(25(21)26)33(13,14)15/h19-20H,1-18H3. The first-order chi connectivity index (χ1) is 14.7. The molecule has 0 atom stereocenters. The van der Waals surface area contributed by atoms with Gasteiger partial charge in [0.05, 0.1) is 0 Å². The van der Waals surface area contributed by atoms with Gasteiger partial charge in [-0.3, -0.25) is 0 Å². The van der Waals surface area contributed by atoms with E-state index in [0.717, 1.165) is 0 Å². The summed E-state index contributed by atoms with van der Waals surface area (Å²) in [6, 6.07) is 5.19. The van der Waals surface area contributed by atoms with Crippen LogP contribution in [0.2, 0.25) is 0 Å². The van der Waals surface area contributed by atoms with Gasteiger partial charge in [-0.25, -0.2) is 0 Å². The molecule has 0 aliphatic carbocycles. The van der Waals surface area contributed by atoms with E-state index >= 15 is 0 Å². The minimum Gasteiger partial charge on any atom is -0.0561 e. The van der Waals surface area contributed by atoms with Crippen LogP contribution in [0.5, 0.6) is 0 Å². The van der Waals surface area contributed by atoms with Gasteiger partial charge in [-0.2, -0.15) is 0 Å². The number of rotatable bonds is 0. The van der Waals surface area contributed by atoms with E-state index in [2.05, 4.69) is 137 Å². The van der Waals surface area contributed by atoms with Gasteiger partial charge in [0.1, 0.15) is 0 Å². The molecule has 0 unspecified atom stereocenters. The van der Waals surface area contributed by atoms with Crippen molar-refractivity contribution in [2.24, 2.45) is 0 Å². The molecule has 0 heterocycles. The van der Waals surface area contributed by atoms with Crippen LogP contribution in [-0.2, 0) is 32.5 Å². The molecule has 0 saturated heterocycles. The second-order valence-electron chi connectivity index (χ2n) is 16.9. The van der Waals surface area contributed by atoms with Crippen molar-refractivity contribution in [1.82, 2.24) is 0 Å². The normalized spacial score (nSPS) is 14.8. The molecule has 0 spiro atoms. The summed E-state index contributed by atoms with van der Waals surface area (Å²) in [5.74, 6) is 0. The Morgan fingerprint density at radius 2 is 0.500 bits per heavy atom. The highest BCUT2D eigenvalue weighted by Gasteiger charge is 2.38. The quantitative estimate of drug-likeness (QED) is 0.363. The molecule has 2 aromatic carbocycles. The van der Waals surface area contributed by atoms with E-state index in [-0.39, 0.29) is 32.5 Å². The molecule has 0 nitrogen and oxygen atoms in total. The summed E-state index contributed by atoms with van der Waals surface area (Å²) in [5, 5.41) is 3.05. The third kappa shape index (κ3) is 5.42. The fraction of sp³-hybridized carbons (Fsp3) is 0.706. The highest BCUT2D eigenvalue weighted by atomic mass is 14.4. The zero-order chi connectivity index (χ0) is 27.0. The lowest BCUT2D eigenvalue weighted by Crippen LogP contribution is -2.30. The molecule has 2 rings (SSSR count). The van der Waals surface area contributed by atoms with Crippen molar-refractivity contribution in [3.8, 4) is 0 Å². The summed E-state index contributed by atoms with van der Waals surface area (Å²) >= 11 is 0.